The Morgan fingerprint density at radius 3 is 2.68 bits per heavy atom. The van der Waals surface area contributed by atoms with Crippen LogP contribution in [-0.4, -0.2) is 25.5 Å². The summed E-state index contributed by atoms with van der Waals surface area (Å²) in [5.41, 5.74) is 1.23. The molecule has 1 heterocycles. The van der Waals surface area contributed by atoms with Crippen LogP contribution in [-0.2, 0) is 11.2 Å². The van der Waals surface area contributed by atoms with Crippen LogP contribution in [0.15, 0.2) is 30.3 Å². The van der Waals surface area contributed by atoms with Gasteiger partial charge in [-0.3, -0.25) is 4.79 Å². The van der Waals surface area contributed by atoms with E-state index in [2.05, 4.69) is 22.8 Å². The number of carbonyl (C=O) groups excluding carboxylic acids is 1. The maximum absolute atomic E-state index is 11.7. The molecule has 19 heavy (non-hydrogen) atoms. The lowest BCUT2D eigenvalue weighted by molar-refractivity contribution is -0.121. The molecular weight excluding hydrogens is 236 g/mol. The summed E-state index contributed by atoms with van der Waals surface area (Å²) in [5, 5.41) is 6.41. The van der Waals surface area contributed by atoms with Crippen LogP contribution in [0.25, 0.3) is 0 Å². The number of rotatable bonds is 6. The quantitative estimate of drug-likeness (QED) is 0.822. The summed E-state index contributed by atoms with van der Waals surface area (Å²) in [7, 11) is 0. The molecule has 0 aromatic heterocycles. The number of piperidine rings is 1. The highest BCUT2D eigenvalue weighted by Crippen LogP contribution is 2.14. The predicted octanol–water partition coefficient (Wildman–Crippen LogP) is 2.13. The van der Waals surface area contributed by atoms with Crippen molar-refractivity contribution in [3.05, 3.63) is 35.9 Å². The predicted molar refractivity (Wildman–Crippen MR) is 78.0 cm³/mol. The summed E-state index contributed by atoms with van der Waals surface area (Å²) < 4.78 is 0. The van der Waals surface area contributed by atoms with Gasteiger partial charge in [0.1, 0.15) is 0 Å². The van der Waals surface area contributed by atoms with E-state index < -0.39 is 0 Å². The van der Waals surface area contributed by atoms with Crippen molar-refractivity contribution in [2.24, 2.45) is 5.92 Å². The molecule has 0 aliphatic carbocycles. The lowest BCUT2D eigenvalue weighted by Gasteiger charge is -2.22. The van der Waals surface area contributed by atoms with Crippen LogP contribution in [0.1, 0.15) is 31.2 Å². The Morgan fingerprint density at radius 2 is 1.95 bits per heavy atom. The van der Waals surface area contributed by atoms with E-state index in [1.807, 2.05) is 18.2 Å². The van der Waals surface area contributed by atoms with E-state index in [4.69, 9.17) is 0 Å². The van der Waals surface area contributed by atoms with Gasteiger partial charge in [-0.05, 0) is 50.3 Å². The number of hydrogen-bond donors (Lipinski definition) is 2. The molecule has 104 valence electrons. The fourth-order valence-corrected chi connectivity index (χ4v) is 2.58. The molecule has 1 aromatic rings. The van der Waals surface area contributed by atoms with Crippen LogP contribution in [0.2, 0.25) is 0 Å². The van der Waals surface area contributed by atoms with Gasteiger partial charge in [0.2, 0.25) is 5.91 Å². The van der Waals surface area contributed by atoms with Gasteiger partial charge in [0.25, 0.3) is 0 Å². The summed E-state index contributed by atoms with van der Waals surface area (Å²) in [4.78, 5) is 11.7. The summed E-state index contributed by atoms with van der Waals surface area (Å²) >= 11 is 0. The van der Waals surface area contributed by atoms with Crippen LogP contribution in [0.4, 0.5) is 0 Å². The maximum Gasteiger partial charge on any atom is 0.220 e. The van der Waals surface area contributed by atoms with Crippen molar-refractivity contribution >= 4 is 5.91 Å². The topological polar surface area (TPSA) is 41.1 Å². The van der Waals surface area contributed by atoms with Gasteiger partial charge in [-0.1, -0.05) is 30.3 Å². The zero-order valence-corrected chi connectivity index (χ0v) is 11.5. The fourth-order valence-electron chi connectivity index (χ4n) is 2.58. The minimum atomic E-state index is 0.179. The van der Waals surface area contributed by atoms with Crippen LogP contribution in [0.5, 0.6) is 0 Å². The Bertz CT molecular complexity index is 372. The first-order chi connectivity index (χ1) is 9.34. The zero-order valence-electron chi connectivity index (χ0n) is 11.5. The molecule has 0 unspecified atom stereocenters. The minimum Gasteiger partial charge on any atom is -0.356 e. The van der Waals surface area contributed by atoms with E-state index in [1.165, 1.54) is 18.4 Å². The molecule has 1 aliphatic rings. The number of aryl methyl sites for hydroxylation is 1. The summed E-state index contributed by atoms with van der Waals surface area (Å²) in [6.45, 7) is 3.09. The number of carbonyl (C=O) groups is 1. The van der Waals surface area contributed by atoms with E-state index in [0.717, 1.165) is 38.4 Å². The Hall–Kier alpha value is -1.35. The molecule has 3 nitrogen and oxygen atoms in total. The van der Waals surface area contributed by atoms with Gasteiger partial charge in [0.15, 0.2) is 0 Å². The van der Waals surface area contributed by atoms with Gasteiger partial charge >= 0.3 is 0 Å². The van der Waals surface area contributed by atoms with Crippen LogP contribution < -0.4 is 10.6 Å². The van der Waals surface area contributed by atoms with Crippen molar-refractivity contribution in [3.63, 3.8) is 0 Å². The molecule has 0 bridgehead atoms. The minimum absolute atomic E-state index is 0.179. The summed E-state index contributed by atoms with van der Waals surface area (Å²) in [6, 6.07) is 10.2. The highest BCUT2D eigenvalue weighted by atomic mass is 16.1. The largest absolute Gasteiger partial charge is 0.356 e. The molecule has 1 fully saturated rings. The molecule has 2 rings (SSSR count). The number of nitrogens with one attached hydrogen (secondary N) is 2. The number of hydrogen-bond acceptors (Lipinski definition) is 2. The summed E-state index contributed by atoms with van der Waals surface area (Å²) in [6.07, 6.45) is 5.05. The molecule has 0 radical (unpaired) electrons. The van der Waals surface area contributed by atoms with Crippen LogP contribution in [0, 0.1) is 5.92 Å². The van der Waals surface area contributed by atoms with Gasteiger partial charge in [-0.15, -0.1) is 0 Å². The average molecular weight is 260 g/mol. The van der Waals surface area contributed by atoms with Crippen molar-refractivity contribution in [2.75, 3.05) is 19.6 Å². The fraction of sp³-hybridized carbons (Fsp3) is 0.562. The van der Waals surface area contributed by atoms with E-state index in [1.54, 1.807) is 0 Å². The normalized spacial score (nSPS) is 16.2. The molecule has 1 amide bonds. The second kappa shape index (κ2) is 7.95. The van der Waals surface area contributed by atoms with E-state index in [-0.39, 0.29) is 5.91 Å². The van der Waals surface area contributed by atoms with E-state index >= 15 is 0 Å². The van der Waals surface area contributed by atoms with Crippen LogP contribution >= 0.6 is 0 Å². The second-order valence-electron chi connectivity index (χ2n) is 5.32. The molecule has 0 saturated carbocycles. The molecule has 1 saturated heterocycles. The van der Waals surface area contributed by atoms with Crippen molar-refractivity contribution in [2.45, 2.75) is 32.1 Å². The third-order valence-corrected chi connectivity index (χ3v) is 3.82. The van der Waals surface area contributed by atoms with Gasteiger partial charge < -0.3 is 10.6 Å². The van der Waals surface area contributed by atoms with Crippen molar-refractivity contribution in [1.82, 2.24) is 10.6 Å². The third-order valence-electron chi connectivity index (χ3n) is 3.82. The van der Waals surface area contributed by atoms with Gasteiger partial charge in [-0.25, -0.2) is 0 Å². The standard InChI is InChI=1S/C16H24N2O/c19-16(7-6-14-4-2-1-3-5-14)18-13-10-15-8-11-17-12-9-15/h1-5,15,17H,6-13H2,(H,18,19). The average Bonchev–Trinajstić information content (AvgIpc) is 2.47. The Labute approximate surface area is 115 Å². The lowest BCUT2D eigenvalue weighted by Crippen LogP contribution is -2.31. The third kappa shape index (κ3) is 5.43. The first-order valence-corrected chi connectivity index (χ1v) is 7.36. The molecule has 0 spiro atoms. The molecule has 0 atom stereocenters. The summed E-state index contributed by atoms with van der Waals surface area (Å²) in [5.74, 6) is 0.966. The smallest absolute Gasteiger partial charge is 0.220 e. The highest BCUT2D eigenvalue weighted by molar-refractivity contribution is 5.76. The first-order valence-electron chi connectivity index (χ1n) is 7.36. The SMILES string of the molecule is O=C(CCc1ccccc1)NCCC1CCNCC1. The monoisotopic (exact) mass is 260 g/mol. The number of benzene rings is 1. The zero-order chi connectivity index (χ0) is 13.3. The Balaban J connectivity index is 1.57. The lowest BCUT2D eigenvalue weighted by atomic mass is 9.95. The van der Waals surface area contributed by atoms with Crippen molar-refractivity contribution < 1.29 is 4.79 Å². The Kier molecular flexibility index (Phi) is 5.89. The van der Waals surface area contributed by atoms with Crippen LogP contribution in [0.3, 0.4) is 0 Å². The molecule has 3 heteroatoms. The van der Waals surface area contributed by atoms with E-state index in [9.17, 15) is 4.79 Å². The maximum atomic E-state index is 11.7. The first kappa shape index (κ1) is 14.1. The highest BCUT2D eigenvalue weighted by Gasteiger charge is 2.12. The van der Waals surface area contributed by atoms with E-state index in [0.29, 0.717) is 6.42 Å². The molecule has 1 aliphatic heterocycles. The molecular formula is C16H24N2O. The molecule has 1 aromatic carbocycles. The van der Waals surface area contributed by atoms with Gasteiger partial charge in [0.05, 0.1) is 0 Å². The van der Waals surface area contributed by atoms with Crippen molar-refractivity contribution in [3.8, 4) is 0 Å². The Morgan fingerprint density at radius 1 is 1.21 bits per heavy atom. The van der Waals surface area contributed by atoms with Crippen molar-refractivity contribution in [1.29, 1.82) is 0 Å². The van der Waals surface area contributed by atoms with Gasteiger partial charge in [-0.2, -0.15) is 0 Å². The number of amides is 1. The van der Waals surface area contributed by atoms with Gasteiger partial charge in [0, 0.05) is 13.0 Å². The second-order valence-corrected chi connectivity index (χ2v) is 5.32. The molecule has 2 N–H and O–H groups in total.